The van der Waals surface area contributed by atoms with Gasteiger partial charge in [-0.25, -0.2) is 0 Å². The number of aromatic nitrogens is 3. The third-order valence-electron chi connectivity index (χ3n) is 5.67. The maximum atomic E-state index is 5.34. The summed E-state index contributed by atoms with van der Waals surface area (Å²) in [5.41, 5.74) is 4.91. The van der Waals surface area contributed by atoms with Crippen LogP contribution in [0.2, 0.25) is 0 Å². The Morgan fingerprint density at radius 3 is 2.89 bits per heavy atom. The van der Waals surface area contributed by atoms with Crippen molar-refractivity contribution >= 4 is 10.9 Å². The first-order valence-corrected chi connectivity index (χ1v) is 9.91. The second-order valence-electron chi connectivity index (χ2n) is 7.80. The van der Waals surface area contributed by atoms with E-state index in [0.717, 1.165) is 30.6 Å². The van der Waals surface area contributed by atoms with Crippen molar-refractivity contribution in [3.63, 3.8) is 0 Å². The number of nitrogens with zero attached hydrogens (tertiary/aromatic N) is 3. The predicted octanol–water partition coefficient (Wildman–Crippen LogP) is 4.59. The van der Waals surface area contributed by atoms with Gasteiger partial charge in [-0.15, -0.1) is 0 Å². The van der Waals surface area contributed by atoms with Crippen LogP contribution in [-0.2, 0) is 13.0 Å². The zero-order valence-corrected chi connectivity index (χ0v) is 16.1. The lowest BCUT2D eigenvalue weighted by Gasteiger charge is -2.16. The smallest absolute Gasteiger partial charge is 0.257 e. The van der Waals surface area contributed by atoms with Crippen molar-refractivity contribution in [1.82, 2.24) is 20.0 Å². The fraction of sp³-hybridized carbons (Fsp3) is 0.304. The summed E-state index contributed by atoms with van der Waals surface area (Å²) in [6, 6.07) is 17.1. The van der Waals surface area contributed by atoms with E-state index in [9.17, 15) is 0 Å². The molecule has 0 aliphatic carbocycles. The number of aryl methyl sites for hydroxylation is 1. The van der Waals surface area contributed by atoms with E-state index in [0.29, 0.717) is 17.6 Å². The van der Waals surface area contributed by atoms with E-state index in [4.69, 9.17) is 4.52 Å². The topological polar surface area (TPSA) is 58.0 Å². The summed E-state index contributed by atoms with van der Waals surface area (Å²) in [4.78, 5) is 10.3. The minimum atomic E-state index is 0.585. The number of rotatable bonds is 5. The van der Waals surface area contributed by atoms with E-state index in [-0.39, 0.29) is 0 Å². The zero-order chi connectivity index (χ0) is 18.9. The molecule has 5 heteroatoms. The summed E-state index contributed by atoms with van der Waals surface area (Å²) in [5.74, 6) is 1.94. The van der Waals surface area contributed by atoms with Gasteiger partial charge in [0.25, 0.3) is 5.89 Å². The van der Waals surface area contributed by atoms with Gasteiger partial charge < -0.3 is 9.51 Å². The van der Waals surface area contributed by atoms with Crippen LogP contribution in [0.1, 0.15) is 23.4 Å². The van der Waals surface area contributed by atoms with E-state index < -0.39 is 0 Å². The van der Waals surface area contributed by atoms with Crippen molar-refractivity contribution in [3.8, 4) is 11.5 Å². The molecule has 28 heavy (non-hydrogen) atoms. The largest absolute Gasteiger partial charge is 0.361 e. The number of likely N-dealkylation sites (tertiary alicyclic amines) is 1. The minimum Gasteiger partial charge on any atom is -0.361 e. The fourth-order valence-corrected chi connectivity index (χ4v) is 4.27. The average Bonchev–Trinajstić information content (AvgIpc) is 3.44. The molecular weight excluding hydrogens is 348 g/mol. The van der Waals surface area contributed by atoms with Gasteiger partial charge in [-0.3, -0.25) is 4.90 Å². The van der Waals surface area contributed by atoms with E-state index in [1.807, 2.05) is 13.0 Å². The van der Waals surface area contributed by atoms with Gasteiger partial charge in [0.15, 0.2) is 5.82 Å². The quantitative estimate of drug-likeness (QED) is 0.557. The van der Waals surface area contributed by atoms with E-state index in [2.05, 4.69) is 68.7 Å². The molecule has 1 atom stereocenters. The lowest BCUT2D eigenvalue weighted by Crippen LogP contribution is -2.20. The molecule has 4 aromatic rings. The molecule has 0 saturated carbocycles. The highest BCUT2D eigenvalue weighted by Gasteiger charge is 2.23. The van der Waals surface area contributed by atoms with Gasteiger partial charge in [-0.2, -0.15) is 4.98 Å². The van der Waals surface area contributed by atoms with E-state index in [1.165, 1.54) is 29.5 Å². The molecule has 3 heterocycles. The monoisotopic (exact) mass is 372 g/mol. The molecule has 0 bridgehead atoms. The molecule has 2 aromatic carbocycles. The average molecular weight is 372 g/mol. The lowest BCUT2D eigenvalue weighted by atomic mass is 9.97. The summed E-state index contributed by atoms with van der Waals surface area (Å²) < 4.78 is 5.34. The van der Waals surface area contributed by atoms with Crippen LogP contribution in [0.3, 0.4) is 0 Å². The molecule has 1 unspecified atom stereocenters. The number of H-pyrrole nitrogens is 1. The number of hydrogen-bond acceptors (Lipinski definition) is 4. The molecule has 1 N–H and O–H groups in total. The van der Waals surface area contributed by atoms with Gasteiger partial charge in [-0.05, 0) is 61.6 Å². The molecule has 1 aliphatic heterocycles. The summed E-state index contributed by atoms with van der Waals surface area (Å²) in [6.07, 6.45) is 4.51. The normalized spacial score (nSPS) is 17.5. The molecule has 0 radical (unpaired) electrons. The van der Waals surface area contributed by atoms with Crippen LogP contribution in [0.4, 0.5) is 0 Å². The first kappa shape index (κ1) is 17.2. The Kier molecular flexibility index (Phi) is 4.45. The first-order valence-electron chi connectivity index (χ1n) is 9.91. The molecule has 5 rings (SSSR count). The highest BCUT2D eigenvalue weighted by molar-refractivity contribution is 5.87. The molecule has 2 aromatic heterocycles. The van der Waals surface area contributed by atoms with Crippen molar-refractivity contribution in [2.75, 3.05) is 13.1 Å². The highest BCUT2D eigenvalue weighted by atomic mass is 16.5. The lowest BCUT2D eigenvalue weighted by molar-refractivity contribution is 0.316. The second-order valence-corrected chi connectivity index (χ2v) is 7.80. The molecular formula is C23H24N4O. The number of hydrogen-bond donors (Lipinski definition) is 1. The van der Waals surface area contributed by atoms with Gasteiger partial charge in [-0.1, -0.05) is 35.5 Å². The number of aromatic amines is 1. The van der Waals surface area contributed by atoms with Gasteiger partial charge in [0.2, 0.25) is 0 Å². The Balaban J connectivity index is 1.31. The Bertz CT molecular complexity index is 1080. The van der Waals surface area contributed by atoms with Crippen LogP contribution in [0, 0.1) is 12.8 Å². The summed E-state index contributed by atoms with van der Waals surface area (Å²) in [5, 5.41) is 5.17. The number of benzene rings is 2. The van der Waals surface area contributed by atoms with Crippen LogP contribution in [0.15, 0.2) is 59.3 Å². The van der Waals surface area contributed by atoms with Gasteiger partial charge >= 0.3 is 0 Å². The third-order valence-corrected chi connectivity index (χ3v) is 5.67. The van der Waals surface area contributed by atoms with Crippen molar-refractivity contribution < 1.29 is 4.52 Å². The summed E-state index contributed by atoms with van der Waals surface area (Å²) in [7, 11) is 0. The van der Waals surface area contributed by atoms with Crippen LogP contribution < -0.4 is 0 Å². The molecule has 1 aliphatic rings. The maximum Gasteiger partial charge on any atom is 0.257 e. The highest BCUT2D eigenvalue weighted by Crippen LogP contribution is 2.29. The van der Waals surface area contributed by atoms with Crippen LogP contribution >= 0.6 is 0 Å². The Morgan fingerprint density at radius 1 is 1.18 bits per heavy atom. The van der Waals surface area contributed by atoms with Gasteiger partial charge in [0.05, 0.1) is 0 Å². The Labute approximate surface area is 164 Å². The number of fused-ring (bicyclic) bond motifs is 1. The second kappa shape index (κ2) is 7.24. The van der Waals surface area contributed by atoms with Crippen molar-refractivity contribution in [2.24, 2.45) is 5.92 Å². The standard InChI is InChI=1S/C23H24N4O/c1-16-25-23(28-26-16)19-7-8-22-21(12-19)20(13-24-22)11-18-9-10-27(15-18)14-17-5-3-2-4-6-17/h2-8,12-13,18,24H,9-11,14-15H2,1H3. The van der Waals surface area contributed by atoms with E-state index in [1.54, 1.807) is 0 Å². The van der Waals surface area contributed by atoms with E-state index >= 15 is 0 Å². The first-order chi connectivity index (χ1) is 13.7. The third kappa shape index (κ3) is 3.45. The van der Waals surface area contributed by atoms with Gasteiger partial charge in [0.1, 0.15) is 0 Å². The predicted molar refractivity (Wildman–Crippen MR) is 110 cm³/mol. The zero-order valence-electron chi connectivity index (χ0n) is 16.1. The van der Waals surface area contributed by atoms with Gasteiger partial charge in [0, 0.05) is 35.8 Å². The van der Waals surface area contributed by atoms with Crippen LogP contribution in [-0.4, -0.2) is 33.1 Å². The van der Waals surface area contributed by atoms with Crippen LogP contribution in [0.25, 0.3) is 22.4 Å². The molecule has 1 fully saturated rings. The minimum absolute atomic E-state index is 0.585. The summed E-state index contributed by atoms with van der Waals surface area (Å²) in [6.45, 7) is 5.22. The van der Waals surface area contributed by atoms with Crippen LogP contribution in [0.5, 0.6) is 0 Å². The fourth-order valence-electron chi connectivity index (χ4n) is 4.27. The molecule has 1 saturated heterocycles. The maximum absolute atomic E-state index is 5.34. The molecule has 0 spiro atoms. The molecule has 0 amide bonds. The Morgan fingerprint density at radius 2 is 2.07 bits per heavy atom. The summed E-state index contributed by atoms with van der Waals surface area (Å²) >= 11 is 0. The Hall–Kier alpha value is -2.92. The van der Waals surface area contributed by atoms with Crippen molar-refractivity contribution in [3.05, 3.63) is 71.7 Å². The molecule has 5 nitrogen and oxygen atoms in total. The van der Waals surface area contributed by atoms with Crippen molar-refractivity contribution in [2.45, 2.75) is 26.3 Å². The SMILES string of the molecule is Cc1noc(-c2ccc3[nH]cc(CC4CCN(Cc5ccccc5)C4)c3c2)n1. The number of nitrogens with one attached hydrogen (secondary N) is 1. The molecule has 142 valence electrons. The van der Waals surface area contributed by atoms with Crippen molar-refractivity contribution in [1.29, 1.82) is 0 Å².